The molecule has 19 heavy (non-hydrogen) atoms. The van der Waals surface area contributed by atoms with Crippen LogP contribution in [0.25, 0.3) is 0 Å². The molecular formula is C13H17Cl2N3O. The molecule has 1 aliphatic heterocycles. The Labute approximate surface area is 123 Å². The molecule has 2 N–H and O–H groups in total. The SMILES string of the molecule is CNC(=O)C1CNCCN1Cc1ccc(Cl)c(Cl)c1. The van der Waals surface area contributed by atoms with E-state index >= 15 is 0 Å². The highest BCUT2D eigenvalue weighted by Gasteiger charge is 2.27. The molecule has 1 heterocycles. The summed E-state index contributed by atoms with van der Waals surface area (Å²) in [5.74, 6) is 0.0345. The van der Waals surface area contributed by atoms with Gasteiger partial charge in [-0.3, -0.25) is 9.69 Å². The van der Waals surface area contributed by atoms with Gasteiger partial charge in [-0.05, 0) is 17.7 Å². The van der Waals surface area contributed by atoms with Crippen LogP contribution in [-0.4, -0.2) is 43.5 Å². The predicted octanol–water partition coefficient (Wildman–Crippen LogP) is 1.51. The minimum absolute atomic E-state index is 0.0345. The molecule has 0 bridgehead atoms. The van der Waals surface area contributed by atoms with E-state index in [-0.39, 0.29) is 11.9 Å². The van der Waals surface area contributed by atoms with Crippen molar-refractivity contribution in [3.63, 3.8) is 0 Å². The number of benzene rings is 1. The lowest BCUT2D eigenvalue weighted by Gasteiger charge is -2.34. The van der Waals surface area contributed by atoms with Crippen molar-refractivity contribution in [3.8, 4) is 0 Å². The minimum atomic E-state index is -0.145. The molecule has 1 aromatic carbocycles. The number of halogens is 2. The molecule has 1 fully saturated rings. The molecule has 1 aromatic rings. The fraction of sp³-hybridized carbons (Fsp3) is 0.462. The van der Waals surface area contributed by atoms with Gasteiger partial charge in [0.15, 0.2) is 0 Å². The van der Waals surface area contributed by atoms with Gasteiger partial charge in [0, 0.05) is 33.2 Å². The van der Waals surface area contributed by atoms with Crippen LogP contribution in [0.1, 0.15) is 5.56 Å². The van der Waals surface area contributed by atoms with Crippen LogP contribution >= 0.6 is 23.2 Å². The summed E-state index contributed by atoms with van der Waals surface area (Å²) in [7, 11) is 1.66. The van der Waals surface area contributed by atoms with Gasteiger partial charge in [-0.2, -0.15) is 0 Å². The van der Waals surface area contributed by atoms with Gasteiger partial charge in [-0.25, -0.2) is 0 Å². The van der Waals surface area contributed by atoms with Crippen molar-refractivity contribution >= 4 is 29.1 Å². The van der Waals surface area contributed by atoms with E-state index in [9.17, 15) is 4.79 Å². The lowest BCUT2D eigenvalue weighted by atomic mass is 10.1. The maximum Gasteiger partial charge on any atom is 0.238 e. The van der Waals surface area contributed by atoms with Crippen LogP contribution in [0.2, 0.25) is 10.0 Å². The summed E-state index contributed by atoms with van der Waals surface area (Å²) in [5, 5.41) is 7.04. The zero-order valence-corrected chi connectivity index (χ0v) is 12.3. The maximum atomic E-state index is 11.8. The highest BCUT2D eigenvalue weighted by molar-refractivity contribution is 6.42. The highest BCUT2D eigenvalue weighted by Crippen LogP contribution is 2.23. The van der Waals surface area contributed by atoms with Crippen LogP contribution in [0.15, 0.2) is 18.2 Å². The third-order valence-corrected chi connectivity index (χ3v) is 4.01. The summed E-state index contributed by atoms with van der Waals surface area (Å²) in [6.45, 7) is 3.07. The molecule has 6 heteroatoms. The molecule has 0 aromatic heterocycles. The standard InChI is InChI=1S/C13H17Cl2N3O/c1-16-13(19)12-7-17-4-5-18(12)8-9-2-3-10(14)11(15)6-9/h2-3,6,12,17H,4-5,7-8H2,1H3,(H,16,19). The van der Waals surface area contributed by atoms with Crippen LogP contribution in [0, 0.1) is 0 Å². The Morgan fingerprint density at radius 1 is 1.47 bits per heavy atom. The summed E-state index contributed by atoms with van der Waals surface area (Å²) in [6, 6.07) is 5.44. The molecule has 104 valence electrons. The number of nitrogens with one attached hydrogen (secondary N) is 2. The summed E-state index contributed by atoms with van der Waals surface area (Å²) in [5.41, 5.74) is 1.06. The number of piperazine rings is 1. The minimum Gasteiger partial charge on any atom is -0.358 e. The largest absolute Gasteiger partial charge is 0.358 e. The van der Waals surface area contributed by atoms with E-state index < -0.39 is 0 Å². The van der Waals surface area contributed by atoms with E-state index in [4.69, 9.17) is 23.2 Å². The van der Waals surface area contributed by atoms with E-state index in [1.165, 1.54) is 0 Å². The van der Waals surface area contributed by atoms with Gasteiger partial charge in [0.1, 0.15) is 6.04 Å². The van der Waals surface area contributed by atoms with Gasteiger partial charge in [-0.1, -0.05) is 29.3 Å². The first-order chi connectivity index (χ1) is 9.11. The third kappa shape index (κ3) is 3.60. The molecule has 0 aliphatic carbocycles. The lowest BCUT2D eigenvalue weighted by molar-refractivity contribution is -0.126. The third-order valence-electron chi connectivity index (χ3n) is 3.27. The Kier molecular flexibility index (Phi) is 5.05. The average molecular weight is 302 g/mol. The molecule has 0 radical (unpaired) electrons. The Balaban J connectivity index is 2.10. The van der Waals surface area contributed by atoms with E-state index in [2.05, 4.69) is 15.5 Å². The van der Waals surface area contributed by atoms with Gasteiger partial charge in [-0.15, -0.1) is 0 Å². The molecule has 1 atom stereocenters. The molecule has 2 rings (SSSR count). The number of rotatable bonds is 3. The van der Waals surface area contributed by atoms with Crippen molar-refractivity contribution in [2.24, 2.45) is 0 Å². The smallest absolute Gasteiger partial charge is 0.238 e. The lowest BCUT2D eigenvalue weighted by Crippen LogP contribution is -2.56. The Hall–Kier alpha value is -0.810. The summed E-state index contributed by atoms with van der Waals surface area (Å²) >= 11 is 11.9. The second-order valence-corrected chi connectivity index (χ2v) is 5.37. The normalized spacial score (nSPS) is 20.3. The molecular weight excluding hydrogens is 285 g/mol. The van der Waals surface area contributed by atoms with Gasteiger partial charge in [0.2, 0.25) is 5.91 Å². The molecule has 1 unspecified atom stereocenters. The van der Waals surface area contributed by atoms with Crippen molar-refractivity contribution < 1.29 is 4.79 Å². The maximum absolute atomic E-state index is 11.8. The van der Waals surface area contributed by atoms with E-state index in [1.54, 1.807) is 13.1 Å². The Morgan fingerprint density at radius 2 is 2.26 bits per heavy atom. The molecule has 1 saturated heterocycles. The number of hydrogen-bond donors (Lipinski definition) is 2. The topological polar surface area (TPSA) is 44.4 Å². The van der Waals surface area contributed by atoms with Crippen LogP contribution in [0.3, 0.4) is 0 Å². The predicted molar refractivity (Wildman–Crippen MR) is 77.6 cm³/mol. The number of nitrogens with zero attached hydrogens (tertiary/aromatic N) is 1. The highest BCUT2D eigenvalue weighted by atomic mass is 35.5. The first-order valence-electron chi connectivity index (χ1n) is 6.22. The first kappa shape index (κ1) is 14.6. The van der Waals surface area contributed by atoms with Gasteiger partial charge >= 0.3 is 0 Å². The van der Waals surface area contributed by atoms with Crippen molar-refractivity contribution in [1.82, 2.24) is 15.5 Å². The van der Waals surface area contributed by atoms with Crippen LogP contribution in [0.4, 0.5) is 0 Å². The van der Waals surface area contributed by atoms with Crippen LogP contribution in [0.5, 0.6) is 0 Å². The van der Waals surface area contributed by atoms with E-state index in [0.29, 0.717) is 23.1 Å². The molecule has 1 aliphatic rings. The second kappa shape index (κ2) is 6.57. The number of carbonyl (C=O) groups excluding carboxylic acids is 1. The van der Waals surface area contributed by atoms with E-state index in [0.717, 1.165) is 18.7 Å². The fourth-order valence-corrected chi connectivity index (χ4v) is 2.55. The quantitative estimate of drug-likeness (QED) is 0.889. The van der Waals surface area contributed by atoms with Crippen molar-refractivity contribution in [3.05, 3.63) is 33.8 Å². The number of likely N-dealkylation sites (N-methyl/N-ethyl adjacent to an activating group) is 1. The molecule has 1 amide bonds. The van der Waals surface area contributed by atoms with Crippen LogP contribution in [-0.2, 0) is 11.3 Å². The van der Waals surface area contributed by atoms with Crippen LogP contribution < -0.4 is 10.6 Å². The summed E-state index contributed by atoms with van der Waals surface area (Å²) in [6.07, 6.45) is 0. The fourth-order valence-electron chi connectivity index (χ4n) is 2.23. The Bertz CT molecular complexity index is 467. The number of hydrogen-bond acceptors (Lipinski definition) is 3. The monoisotopic (exact) mass is 301 g/mol. The van der Waals surface area contributed by atoms with Gasteiger partial charge < -0.3 is 10.6 Å². The van der Waals surface area contributed by atoms with E-state index in [1.807, 2.05) is 12.1 Å². The number of carbonyl (C=O) groups is 1. The summed E-state index contributed by atoms with van der Waals surface area (Å²) in [4.78, 5) is 14.0. The molecule has 0 spiro atoms. The Morgan fingerprint density at radius 3 is 2.95 bits per heavy atom. The van der Waals surface area contributed by atoms with Gasteiger partial charge in [0.05, 0.1) is 10.0 Å². The van der Waals surface area contributed by atoms with Crippen molar-refractivity contribution in [2.45, 2.75) is 12.6 Å². The zero-order chi connectivity index (χ0) is 13.8. The summed E-state index contributed by atoms with van der Waals surface area (Å²) < 4.78 is 0. The molecule has 4 nitrogen and oxygen atoms in total. The number of amides is 1. The second-order valence-electron chi connectivity index (χ2n) is 4.55. The zero-order valence-electron chi connectivity index (χ0n) is 10.7. The van der Waals surface area contributed by atoms with Crippen molar-refractivity contribution in [2.75, 3.05) is 26.7 Å². The van der Waals surface area contributed by atoms with Gasteiger partial charge in [0.25, 0.3) is 0 Å². The van der Waals surface area contributed by atoms with Crippen molar-refractivity contribution in [1.29, 1.82) is 0 Å². The average Bonchev–Trinajstić information content (AvgIpc) is 2.43. The first-order valence-corrected chi connectivity index (χ1v) is 6.97. The molecule has 0 saturated carbocycles.